The van der Waals surface area contributed by atoms with Crippen LogP contribution in [0.15, 0.2) is 66.7 Å². The molecule has 4 nitrogen and oxygen atoms in total. The first-order valence-corrected chi connectivity index (χ1v) is 10.6. The van der Waals surface area contributed by atoms with Crippen LogP contribution < -0.4 is 10.6 Å². The molecule has 0 aliphatic carbocycles. The van der Waals surface area contributed by atoms with E-state index in [0.29, 0.717) is 22.2 Å². The largest absolute Gasteiger partial charge is 0.353 e. The van der Waals surface area contributed by atoms with Crippen LogP contribution in [0.3, 0.4) is 0 Å². The van der Waals surface area contributed by atoms with Gasteiger partial charge in [-0.05, 0) is 42.3 Å². The molecule has 0 spiro atoms. The lowest BCUT2D eigenvalue weighted by Gasteiger charge is -2.13. The van der Waals surface area contributed by atoms with E-state index in [4.69, 9.17) is 23.2 Å². The van der Waals surface area contributed by atoms with Crippen LogP contribution in [-0.2, 0) is 6.42 Å². The average molecular weight is 441 g/mol. The van der Waals surface area contributed by atoms with Gasteiger partial charge < -0.3 is 10.6 Å². The Morgan fingerprint density at radius 2 is 1.48 bits per heavy atom. The van der Waals surface area contributed by atoms with Crippen LogP contribution in [0.25, 0.3) is 0 Å². The molecular weight excluding hydrogens is 423 g/mol. The van der Waals surface area contributed by atoms with Gasteiger partial charge >= 0.3 is 0 Å². The molecule has 1 heterocycles. The predicted octanol–water partition coefficient (Wildman–Crippen LogP) is 7.23. The highest BCUT2D eigenvalue weighted by atomic mass is 35.5. The summed E-state index contributed by atoms with van der Waals surface area (Å²) in [6.45, 7) is 2.06. The second-order valence-corrected chi connectivity index (χ2v) is 8.37. The van der Waals surface area contributed by atoms with Crippen LogP contribution in [0.2, 0.25) is 10.0 Å². The molecule has 0 radical (unpaired) electrons. The van der Waals surface area contributed by atoms with E-state index in [9.17, 15) is 0 Å². The minimum absolute atomic E-state index is 0.577. The second-order valence-electron chi connectivity index (χ2n) is 6.50. The highest BCUT2D eigenvalue weighted by Crippen LogP contribution is 2.34. The average Bonchev–Trinajstić information content (AvgIpc) is 3.15. The minimum Gasteiger partial charge on any atom is -0.353 e. The smallest absolute Gasteiger partial charge is 0.210 e. The van der Waals surface area contributed by atoms with Crippen LogP contribution in [-0.4, -0.2) is 10.2 Å². The first-order chi connectivity index (χ1) is 14.1. The third kappa shape index (κ3) is 4.70. The lowest BCUT2D eigenvalue weighted by atomic mass is 10.1. The molecule has 7 heteroatoms. The van der Waals surface area contributed by atoms with Gasteiger partial charge in [0.25, 0.3) is 0 Å². The molecule has 2 N–H and O–H groups in total. The normalized spacial score (nSPS) is 10.7. The van der Waals surface area contributed by atoms with Crippen molar-refractivity contribution < 1.29 is 0 Å². The third-order valence-electron chi connectivity index (χ3n) is 4.43. The molecule has 4 aromatic rings. The van der Waals surface area contributed by atoms with Crippen LogP contribution in [0.5, 0.6) is 0 Å². The molecule has 0 atom stereocenters. The molecule has 0 fully saturated rings. The van der Waals surface area contributed by atoms with Gasteiger partial charge in [0.15, 0.2) is 0 Å². The molecule has 0 saturated heterocycles. The summed E-state index contributed by atoms with van der Waals surface area (Å²) < 4.78 is 0. The number of hydrogen-bond acceptors (Lipinski definition) is 5. The van der Waals surface area contributed by atoms with E-state index in [-0.39, 0.29) is 0 Å². The zero-order valence-electron chi connectivity index (χ0n) is 15.6. The molecule has 0 amide bonds. The Morgan fingerprint density at radius 3 is 2.24 bits per heavy atom. The van der Waals surface area contributed by atoms with Crippen molar-refractivity contribution in [3.63, 3.8) is 0 Å². The number of para-hydroxylation sites is 3. The number of anilines is 4. The Balaban J connectivity index is 1.54. The first-order valence-electron chi connectivity index (χ1n) is 9.04. The molecule has 0 unspecified atom stereocenters. The van der Waals surface area contributed by atoms with Crippen molar-refractivity contribution in [3.8, 4) is 0 Å². The van der Waals surface area contributed by atoms with Crippen molar-refractivity contribution in [2.75, 3.05) is 10.6 Å². The number of aromatic nitrogens is 2. The monoisotopic (exact) mass is 440 g/mol. The minimum atomic E-state index is 0.577. The third-order valence-corrected chi connectivity index (χ3v) is 5.90. The van der Waals surface area contributed by atoms with E-state index in [2.05, 4.69) is 39.9 Å². The van der Waals surface area contributed by atoms with E-state index in [1.165, 1.54) is 11.3 Å². The predicted molar refractivity (Wildman–Crippen MR) is 123 cm³/mol. The highest BCUT2D eigenvalue weighted by Gasteiger charge is 2.12. The molecule has 0 aliphatic heterocycles. The van der Waals surface area contributed by atoms with E-state index in [0.717, 1.165) is 32.6 Å². The Labute approximate surface area is 183 Å². The van der Waals surface area contributed by atoms with Crippen molar-refractivity contribution >= 4 is 56.7 Å². The van der Waals surface area contributed by atoms with E-state index >= 15 is 0 Å². The maximum Gasteiger partial charge on any atom is 0.210 e. The molecule has 1 aromatic heterocycles. The first kappa shape index (κ1) is 19.7. The SMILES string of the molecule is Cc1ccccc1Nc1nnc(Cc2ccccc2Nc2c(Cl)cccc2Cl)s1. The van der Waals surface area contributed by atoms with Crippen LogP contribution in [0.1, 0.15) is 16.1 Å². The van der Waals surface area contributed by atoms with Gasteiger partial charge in [0.2, 0.25) is 5.13 Å². The van der Waals surface area contributed by atoms with Gasteiger partial charge in [-0.25, -0.2) is 0 Å². The lowest BCUT2D eigenvalue weighted by molar-refractivity contribution is 1.01. The van der Waals surface area contributed by atoms with Crippen molar-refractivity contribution in [1.82, 2.24) is 10.2 Å². The fourth-order valence-electron chi connectivity index (χ4n) is 2.92. The summed E-state index contributed by atoms with van der Waals surface area (Å²) in [5, 5.41) is 18.2. The van der Waals surface area contributed by atoms with Crippen molar-refractivity contribution in [2.45, 2.75) is 13.3 Å². The topological polar surface area (TPSA) is 49.8 Å². The Bertz CT molecular complexity index is 1120. The van der Waals surface area contributed by atoms with Crippen LogP contribution in [0, 0.1) is 6.92 Å². The molecule has 0 saturated carbocycles. The van der Waals surface area contributed by atoms with Gasteiger partial charge in [0.1, 0.15) is 5.01 Å². The standard InChI is InChI=1S/C22H18Cl2N4S/c1-14-7-2-4-11-18(14)26-22-28-27-20(29-22)13-15-8-3-5-12-19(15)25-21-16(23)9-6-10-17(21)24/h2-12,25H,13H2,1H3,(H,26,28). The number of nitrogens with one attached hydrogen (secondary N) is 2. The number of nitrogens with zero attached hydrogens (tertiary/aromatic N) is 2. The van der Waals surface area contributed by atoms with Gasteiger partial charge in [-0.15, -0.1) is 10.2 Å². The summed E-state index contributed by atoms with van der Waals surface area (Å²) in [5.74, 6) is 0. The number of halogens is 2. The number of rotatable bonds is 6. The van der Waals surface area contributed by atoms with Gasteiger partial charge in [-0.3, -0.25) is 0 Å². The molecule has 0 bridgehead atoms. The fraction of sp³-hybridized carbons (Fsp3) is 0.0909. The van der Waals surface area contributed by atoms with Gasteiger partial charge in [-0.1, -0.05) is 77.0 Å². The van der Waals surface area contributed by atoms with E-state index < -0.39 is 0 Å². The van der Waals surface area contributed by atoms with Crippen LogP contribution in [0.4, 0.5) is 22.2 Å². The zero-order chi connectivity index (χ0) is 20.2. The number of hydrogen-bond donors (Lipinski definition) is 2. The summed E-state index contributed by atoms with van der Waals surface area (Å²) >= 11 is 14.2. The Hall–Kier alpha value is -2.60. The molecule has 29 heavy (non-hydrogen) atoms. The maximum absolute atomic E-state index is 6.31. The van der Waals surface area contributed by atoms with Crippen molar-refractivity contribution in [2.24, 2.45) is 0 Å². The Kier molecular flexibility index (Phi) is 6.00. The molecule has 4 rings (SSSR count). The summed E-state index contributed by atoms with van der Waals surface area (Å²) in [6, 6.07) is 21.6. The maximum atomic E-state index is 6.31. The summed E-state index contributed by atoms with van der Waals surface area (Å²) in [5.41, 5.74) is 4.91. The molecule has 0 aliphatic rings. The second kappa shape index (κ2) is 8.82. The van der Waals surface area contributed by atoms with Crippen molar-refractivity contribution in [3.05, 3.63) is 92.9 Å². The number of aryl methyl sites for hydroxylation is 1. The summed E-state index contributed by atoms with van der Waals surface area (Å²) in [6.07, 6.45) is 0.651. The van der Waals surface area contributed by atoms with E-state index in [1.807, 2.05) is 54.6 Å². The lowest BCUT2D eigenvalue weighted by Crippen LogP contribution is -1.98. The Morgan fingerprint density at radius 1 is 0.793 bits per heavy atom. The van der Waals surface area contributed by atoms with Gasteiger partial charge in [0, 0.05) is 17.8 Å². The molecule has 3 aromatic carbocycles. The molecule has 146 valence electrons. The quantitative estimate of drug-likeness (QED) is 0.331. The zero-order valence-corrected chi connectivity index (χ0v) is 17.9. The highest BCUT2D eigenvalue weighted by molar-refractivity contribution is 7.15. The van der Waals surface area contributed by atoms with Gasteiger partial charge in [0.05, 0.1) is 15.7 Å². The summed E-state index contributed by atoms with van der Waals surface area (Å²) in [4.78, 5) is 0. The number of benzene rings is 3. The van der Waals surface area contributed by atoms with Crippen LogP contribution >= 0.6 is 34.5 Å². The van der Waals surface area contributed by atoms with Gasteiger partial charge in [-0.2, -0.15) is 0 Å². The van der Waals surface area contributed by atoms with Crippen molar-refractivity contribution in [1.29, 1.82) is 0 Å². The van der Waals surface area contributed by atoms with E-state index in [1.54, 1.807) is 0 Å². The molecular formula is C22H18Cl2N4S. The summed E-state index contributed by atoms with van der Waals surface area (Å²) in [7, 11) is 0. The fourth-order valence-corrected chi connectivity index (χ4v) is 4.18.